The van der Waals surface area contributed by atoms with Crippen LogP contribution in [0.4, 0.5) is 21.5 Å². The molecule has 0 aliphatic rings. The van der Waals surface area contributed by atoms with Crippen molar-refractivity contribution in [1.82, 2.24) is 0 Å². The van der Waals surface area contributed by atoms with Crippen molar-refractivity contribution in [2.75, 3.05) is 5.32 Å². The van der Waals surface area contributed by atoms with E-state index in [1.54, 1.807) is 37.3 Å². The summed E-state index contributed by atoms with van der Waals surface area (Å²) in [5, 5.41) is 7.02. The number of hydrogen-bond donors (Lipinski definition) is 1. The maximum atomic E-state index is 13.2. The molecule has 0 spiro atoms. The Morgan fingerprint density at radius 3 is 2.50 bits per heavy atom. The number of aryl methyl sites for hydroxylation is 1. The van der Waals surface area contributed by atoms with E-state index in [1.165, 1.54) is 24.3 Å². The number of hydrogen-bond acceptors (Lipinski definition) is 3. The molecule has 0 radical (unpaired) electrons. The Balaban J connectivity index is 1.91. The first-order valence-corrected chi connectivity index (χ1v) is 8.86. The molecule has 3 aromatic rings. The number of nitrogens with one attached hydrogen (secondary N) is 1. The molecule has 0 saturated carbocycles. The van der Waals surface area contributed by atoms with Gasteiger partial charge in [-0.1, -0.05) is 40.4 Å². The molecule has 1 N–H and O–H groups in total. The predicted molar refractivity (Wildman–Crippen MR) is 110 cm³/mol. The molecule has 28 heavy (non-hydrogen) atoms. The van der Waals surface area contributed by atoms with Crippen LogP contribution in [0.3, 0.4) is 0 Å². The first-order valence-electron chi connectivity index (χ1n) is 8.11. The quantitative estimate of drug-likeness (QED) is 0.205. The first kappa shape index (κ1) is 19.7. The molecule has 0 bridgehead atoms. The number of anilines is 2. The van der Waals surface area contributed by atoms with Crippen molar-refractivity contribution in [3.05, 3.63) is 97.6 Å². The van der Waals surface area contributed by atoms with Crippen molar-refractivity contribution in [1.29, 1.82) is 0 Å². The maximum Gasteiger partial charge on any atom is 0.194 e. The van der Waals surface area contributed by atoms with Crippen LogP contribution in [0.25, 0.3) is 10.4 Å². The fourth-order valence-corrected chi connectivity index (χ4v) is 3.12. The number of carbonyl (C=O) groups is 1. The van der Waals surface area contributed by atoms with E-state index in [0.717, 1.165) is 5.56 Å². The van der Waals surface area contributed by atoms with Crippen LogP contribution in [-0.4, -0.2) is 5.78 Å². The third-order valence-electron chi connectivity index (χ3n) is 4.05. The average Bonchev–Trinajstić information content (AvgIpc) is 2.65. The highest BCUT2D eigenvalue weighted by atomic mass is 35.5. The van der Waals surface area contributed by atoms with Gasteiger partial charge in [-0.05, 0) is 60.5 Å². The van der Waals surface area contributed by atoms with E-state index < -0.39 is 5.82 Å². The summed E-state index contributed by atoms with van der Waals surface area (Å²) in [5.74, 6) is -0.725. The summed E-state index contributed by atoms with van der Waals surface area (Å²) in [6.45, 7) is 1.79. The summed E-state index contributed by atoms with van der Waals surface area (Å²) in [7, 11) is 0. The van der Waals surface area contributed by atoms with Gasteiger partial charge in [-0.3, -0.25) is 4.79 Å². The summed E-state index contributed by atoms with van der Waals surface area (Å²) in [5.41, 5.74) is 11.5. The summed E-state index contributed by atoms with van der Waals surface area (Å²) in [6, 6.07) is 13.7. The Labute approximate surface area is 170 Å². The number of carbonyl (C=O) groups excluding carboxylic acids is 1. The number of benzene rings is 3. The van der Waals surface area contributed by atoms with Gasteiger partial charge in [0.05, 0.1) is 15.7 Å². The Kier molecular flexibility index (Phi) is 5.85. The van der Waals surface area contributed by atoms with Gasteiger partial charge in [0.25, 0.3) is 0 Å². The summed E-state index contributed by atoms with van der Waals surface area (Å²) in [6.07, 6.45) is 0. The van der Waals surface area contributed by atoms with Crippen LogP contribution in [0.15, 0.2) is 59.7 Å². The topological polar surface area (TPSA) is 77.9 Å². The van der Waals surface area contributed by atoms with Crippen molar-refractivity contribution < 1.29 is 9.18 Å². The number of azide groups is 1. The van der Waals surface area contributed by atoms with Gasteiger partial charge < -0.3 is 5.32 Å². The third-order valence-corrected chi connectivity index (χ3v) is 4.68. The zero-order valence-electron chi connectivity index (χ0n) is 14.6. The lowest BCUT2D eigenvalue weighted by Gasteiger charge is -2.12. The second kappa shape index (κ2) is 8.31. The van der Waals surface area contributed by atoms with Crippen LogP contribution < -0.4 is 5.32 Å². The van der Waals surface area contributed by atoms with Crippen molar-refractivity contribution in [3.63, 3.8) is 0 Å². The Bertz CT molecular complexity index is 1130. The molecule has 8 heteroatoms. The molecular formula is C20H13Cl2FN4O. The van der Waals surface area contributed by atoms with E-state index in [0.29, 0.717) is 28.2 Å². The van der Waals surface area contributed by atoms with Crippen LogP contribution in [0.2, 0.25) is 10.0 Å². The minimum Gasteiger partial charge on any atom is -0.354 e. The SMILES string of the molecule is Cc1ccc(N=[N+]=[N-])cc1C(=O)c1ccc(Nc2ccc(F)cc2Cl)cc1Cl. The van der Waals surface area contributed by atoms with Crippen LogP contribution in [0, 0.1) is 12.7 Å². The first-order chi connectivity index (χ1) is 13.4. The van der Waals surface area contributed by atoms with Gasteiger partial charge in [-0.25, -0.2) is 4.39 Å². The molecule has 0 aliphatic heterocycles. The largest absolute Gasteiger partial charge is 0.354 e. The predicted octanol–water partition coefficient (Wildman–Crippen LogP) is 7.36. The van der Waals surface area contributed by atoms with E-state index in [2.05, 4.69) is 15.3 Å². The highest BCUT2D eigenvalue weighted by molar-refractivity contribution is 6.35. The van der Waals surface area contributed by atoms with Crippen molar-refractivity contribution in [3.8, 4) is 0 Å². The van der Waals surface area contributed by atoms with Gasteiger partial charge in [0.1, 0.15) is 5.82 Å². The Morgan fingerprint density at radius 1 is 1.04 bits per heavy atom. The molecule has 3 aromatic carbocycles. The van der Waals surface area contributed by atoms with Crippen molar-refractivity contribution in [2.45, 2.75) is 6.92 Å². The number of halogens is 3. The molecule has 5 nitrogen and oxygen atoms in total. The highest BCUT2D eigenvalue weighted by Gasteiger charge is 2.16. The molecule has 0 aromatic heterocycles. The molecule has 0 amide bonds. The minimum absolute atomic E-state index is 0.224. The van der Waals surface area contributed by atoms with Gasteiger partial charge in [0.15, 0.2) is 5.78 Å². The Morgan fingerprint density at radius 2 is 1.82 bits per heavy atom. The number of rotatable bonds is 5. The molecule has 0 fully saturated rings. The second-order valence-corrected chi connectivity index (χ2v) is 6.78. The molecule has 140 valence electrons. The highest BCUT2D eigenvalue weighted by Crippen LogP contribution is 2.30. The van der Waals surface area contributed by atoms with E-state index in [1.807, 2.05) is 0 Å². The molecule has 0 aliphatic carbocycles. The molecule has 0 heterocycles. The van der Waals surface area contributed by atoms with E-state index in [4.69, 9.17) is 28.7 Å². The van der Waals surface area contributed by atoms with Gasteiger partial charge in [-0.15, -0.1) is 0 Å². The van der Waals surface area contributed by atoms with Gasteiger partial charge in [0, 0.05) is 27.4 Å². The van der Waals surface area contributed by atoms with Crippen LogP contribution >= 0.6 is 23.2 Å². The molecule has 0 saturated heterocycles. The smallest absolute Gasteiger partial charge is 0.194 e. The molecule has 0 unspecified atom stereocenters. The van der Waals surface area contributed by atoms with Crippen molar-refractivity contribution >= 4 is 46.0 Å². The average molecular weight is 415 g/mol. The zero-order chi connectivity index (χ0) is 20.3. The Hall–Kier alpha value is -3.05. The monoisotopic (exact) mass is 414 g/mol. The summed E-state index contributed by atoms with van der Waals surface area (Å²) >= 11 is 12.3. The second-order valence-electron chi connectivity index (χ2n) is 5.96. The van der Waals surface area contributed by atoms with E-state index in [9.17, 15) is 9.18 Å². The normalized spacial score (nSPS) is 10.3. The van der Waals surface area contributed by atoms with E-state index in [-0.39, 0.29) is 15.8 Å². The van der Waals surface area contributed by atoms with Gasteiger partial charge in [0.2, 0.25) is 0 Å². The van der Waals surface area contributed by atoms with Crippen molar-refractivity contribution in [2.24, 2.45) is 5.11 Å². The van der Waals surface area contributed by atoms with Gasteiger partial charge in [-0.2, -0.15) is 0 Å². The lowest BCUT2D eigenvalue weighted by Crippen LogP contribution is -2.05. The standard InChI is InChI=1S/C20H13Cl2FN4O/c1-11-2-4-14(26-27-24)9-16(11)20(28)15-6-5-13(10-17(15)21)25-19-7-3-12(23)8-18(19)22/h2-10,25H,1H3. The van der Waals surface area contributed by atoms with Gasteiger partial charge >= 0.3 is 0 Å². The summed E-state index contributed by atoms with van der Waals surface area (Å²) in [4.78, 5) is 15.6. The zero-order valence-corrected chi connectivity index (χ0v) is 16.1. The maximum absolute atomic E-state index is 13.2. The van der Waals surface area contributed by atoms with E-state index >= 15 is 0 Å². The fraction of sp³-hybridized carbons (Fsp3) is 0.0500. The fourth-order valence-electron chi connectivity index (χ4n) is 2.64. The molecule has 0 atom stereocenters. The third kappa shape index (κ3) is 4.26. The molecular weight excluding hydrogens is 402 g/mol. The van der Waals surface area contributed by atoms with Crippen LogP contribution in [0.1, 0.15) is 21.5 Å². The van der Waals surface area contributed by atoms with Crippen LogP contribution in [0.5, 0.6) is 0 Å². The summed E-state index contributed by atoms with van der Waals surface area (Å²) < 4.78 is 13.2. The van der Waals surface area contributed by atoms with Crippen LogP contribution in [-0.2, 0) is 0 Å². The molecule has 3 rings (SSSR count). The number of nitrogens with zero attached hydrogens (tertiary/aromatic N) is 3. The number of ketones is 1. The minimum atomic E-state index is -0.437. The lowest BCUT2D eigenvalue weighted by molar-refractivity contribution is 0.103. The lowest BCUT2D eigenvalue weighted by atomic mass is 9.98.